The first kappa shape index (κ1) is 14.3. The standard InChI is InChI=1S/C16H18FNO2/c1-12-10-15(6-7-16(12)17)20-9-8-19-14-4-2-13(11-18)3-5-14/h2-7,10H,8-9,11,18H2,1H3. The van der Waals surface area contributed by atoms with E-state index < -0.39 is 0 Å². The molecular weight excluding hydrogens is 257 g/mol. The van der Waals surface area contributed by atoms with Crippen molar-refractivity contribution in [3.63, 3.8) is 0 Å². The second-order valence-electron chi connectivity index (χ2n) is 4.46. The molecule has 4 heteroatoms. The molecule has 0 saturated carbocycles. The number of ether oxygens (including phenoxy) is 2. The van der Waals surface area contributed by atoms with Crippen LogP contribution in [-0.4, -0.2) is 13.2 Å². The van der Waals surface area contributed by atoms with Crippen molar-refractivity contribution in [1.82, 2.24) is 0 Å². The lowest BCUT2D eigenvalue weighted by atomic mass is 10.2. The Kier molecular flexibility index (Phi) is 4.96. The molecule has 2 N–H and O–H groups in total. The lowest BCUT2D eigenvalue weighted by Gasteiger charge is -2.09. The second-order valence-corrected chi connectivity index (χ2v) is 4.46. The Balaban J connectivity index is 1.76. The fraction of sp³-hybridized carbons (Fsp3) is 0.250. The number of halogens is 1. The van der Waals surface area contributed by atoms with Gasteiger partial charge in [-0.1, -0.05) is 12.1 Å². The first-order chi connectivity index (χ1) is 9.69. The molecule has 2 aromatic carbocycles. The smallest absolute Gasteiger partial charge is 0.126 e. The van der Waals surface area contributed by atoms with Gasteiger partial charge >= 0.3 is 0 Å². The van der Waals surface area contributed by atoms with E-state index in [0.29, 0.717) is 31.1 Å². The number of rotatable bonds is 6. The summed E-state index contributed by atoms with van der Waals surface area (Å²) < 4.78 is 24.1. The van der Waals surface area contributed by atoms with E-state index in [0.717, 1.165) is 11.3 Å². The average molecular weight is 275 g/mol. The first-order valence-electron chi connectivity index (χ1n) is 6.50. The third-order valence-electron chi connectivity index (χ3n) is 2.91. The number of benzene rings is 2. The highest BCUT2D eigenvalue weighted by molar-refractivity contribution is 5.29. The van der Waals surface area contributed by atoms with Gasteiger partial charge in [-0.3, -0.25) is 0 Å². The number of hydrogen-bond acceptors (Lipinski definition) is 3. The molecule has 2 aromatic rings. The van der Waals surface area contributed by atoms with Crippen molar-refractivity contribution in [2.24, 2.45) is 5.73 Å². The van der Waals surface area contributed by atoms with Crippen LogP contribution in [0.4, 0.5) is 4.39 Å². The summed E-state index contributed by atoms with van der Waals surface area (Å²) in [5.41, 5.74) is 7.16. The fourth-order valence-corrected chi connectivity index (χ4v) is 1.75. The van der Waals surface area contributed by atoms with Crippen molar-refractivity contribution in [1.29, 1.82) is 0 Å². The Hall–Kier alpha value is -2.07. The van der Waals surface area contributed by atoms with Gasteiger partial charge in [0.1, 0.15) is 30.5 Å². The third kappa shape index (κ3) is 3.96. The molecule has 0 heterocycles. The van der Waals surface area contributed by atoms with Crippen molar-refractivity contribution in [3.05, 3.63) is 59.4 Å². The van der Waals surface area contributed by atoms with Crippen LogP contribution in [-0.2, 0) is 6.54 Å². The van der Waals surface area contributed by atoms with Crippen molar-refractivity contribution in [2.75, 3.05) is 13.2 Å². The van der Waals surface area contributed by atoms with Crippen LogP contribution >= 0.6 is 0 Å². The van der Waals surface area contributed by atoms with Gasteiger partial charge in [0, 0.05) is 6.54 Å². The van der Waals surface area contributed by atoms with Gasteiger partial charge in [-0.15, -0.1) is 0 Å². The predicted octanol–water partition coefficient (Wildman–Crippen LogP) is 3.05. The third-order valence-corrected chi connectivity index (χ3v) is 2.91. The van der Waals surface area contributed by atoms with Gasteiger partial charge in [0.25, 0.3) is 0 Å². The summed E-state index contributed by atoms with van der Waals surface area (Å²) in [5.74, 6) is 1.20. The Labute approximate surface area is 118 Å². The summed E-state index contributed by atoms with van der Waals surface area (Å²) in [7, 11) is 0. The van der Waals surface area contributed by atoms with Crippen LogP contribution in [0.3, 0.4) is 0 Å². The van der Waals surface area contributed by atoms with Gasteiger partial charge in [-0.05, 0) is 48.4 Å². The Morgan fingerprint density at radius 2 is 1.55 bits per heavy atom. The highest BCUT2D eigenvalue weighted by Gasteiger charge is 2.00. The van der Waals surface area contributed by atoms with Crippen molar-refractivity contribution in [3.8, 4) is 11.5 Å². The molecule has 20 heavy (non-hydrogen) atoms. The topological polar surface area (TPSA) is 44.5 Å². The Bertz CT molecular complexity index is 555. The van der Waals surface area contributed by atoms with Gasteiger partial charge in [0.2, 0.25) is 0 Å². The highest BCUT2D eigenvalue weighted by atomic mass is 19.1. The minimum Gasteiger partial charge on any atom is -0.490 e. The summed E-state index contributed by atoms with van der Waals surface area (Å²) in [6.07, 6.45) is 0. The van der Waals surface area contributed by atoms with E-state index in [-0.39, 0.29) is 5.82 Å². The van der Waals surface area contributed by atoms with Gasteiger partial charge in [-0.25, -0.2) is 4.39 Å². The molecule has 0 atom stereocenters. The fourth-order valence-electron chi connectivity index (χ4n) is 1.75. The highest BCUT2D eigenvalue weighted by Crippen LogP contribution is 2.16. The molecule has 3 nitrogen and oxygen atoms in total. The molecule has 0 aliphatic rings. The molecule has 0 fully saturated rings. The molecule has 0 unspecified atom stereocenters. The van der Waals surface area contributed by atoms with Crippen LogP contribution in [0.1, 0.15) is 11.1 Å². The second kappa shape index (κ2) is 6.91. The minimum atomic E-state index is -0.228. The molecule has 0 spiro atoms. The monoisotopic (exact) mass is 275 g/mol. The lowest BCUT2D eigenvalue weighted by Crippen LogP contribution is -2.09. The van der Waals surface area contributed by atoms with Gasteiger partial charge in [0.05, 0.1) is 0 Å². The van der Waals surface area contributed by atoms with E-state index in [2.05, 4.69) is 0 Å². The van der Waals surface area contributed by atoms with E-state index in [4.69, 9.17) is 15.2 Å². The van der Waals surface area contributed by atoms with E-state index in [1.54, 1.807) is 19.1 Å². The molecule has 0 aliphatic carbocycles. The largest absolute Gasteiger partial charge is 0.490 e. The maximum atomic E-state index is 13.1. The molecule has 2 rings (SSSR count). The van der Waals surface area contributed by atoms with Crippen molar-refractivity contribution in [2.45, 2.75) is 13.5 Å². The normalized spacial score (nSPS) is 10.3. The molecule has 0 amide bonds. The van der Waals surface area contributed by atoms with E-state index in [1.807, 2.05) is 24.3 Å². The average Bonchev–Trinajstić information content (AvgIpc) is 2.48. The SMILES string of the molecule is Cc1cc(OCCOc2ccc(CN)cc2)ccc1F. The maximum Gasteiger partial charge on any atom is 0.126 e. The van der Waals surface area contributed by atoms with Crippen LogP contribution in [0.5, 0.6) is 11.5 Å². The summed E-state index contributed by atoms with van der Waals surface area (Å²) in [6.45, 7) is 3.06. The Morgan fingerprint density at radius 1 is 0.950 bits per heavy atom. The zero-order chi connectivity index (χ0) is 14.4. The van der Waals surface area contributed by atoms with Crippen LogP contribution in [0.2, 0.25) is 0 Å². The molecule has 0 saturated heterocycles. The predicted molar refractivity (Wildman–Crippen MR) is 76.5 cm³/mol. The molecule has 0 aliphatic heterocycles. The van der Waals surface area contributed by atoms with Crippen LogP contribution in [0, 0.1) is 12.7 Å². The van der Waals surface area contributed by atoms with Crippen LogP contribution in [0.15, 0.2) is 42.5 Å². The van der Waals surface area contributed by atoms with Crippen molar-refractivity contribution >= 4 is 0 Å². The van der Waals surface area contributed by atoms with E-state index in [9.17, 15) is 4.39 Å². The molecular formula is C16H18FNO2. The zero-order valence-corrected chi connectivity index (χ0v) is 11.4. The Morgan fingerprint density at radius 3 is 2.15 bits per heavy atom. The first-order valence-corrected chi connectivity index (χ1v) is 6.50. The van der Waals surface area contributed by atoms with Gasteiger partial charge in [0.15, 0.2) is 0 Å². The summed E-state index contributed by atoms with van der Waals surface area (Å²) in [4.78, 5) is 0. The molecule has 106 valence electrons. The van der Waals surface area contributed by atoms with Crippen LogP contribution < -0.4 is 15.2 Å². The number of aryl methyl sites for hydroxylation is 1. The number of nitrogens with two attached hydrogens (primary N) is 1. The minimum absolute atomic E-state index is 0.228. The maximum absolute atomic E-state index is 13.1. The van der Waals surface area contributed by atoms with E-state index in [1.165, 1.54) is 6.07 Å². The molecule has 0 bridgehead atoms. The summed E-state index contributed by atoms with van der Waals surface area (Å²) >= 11 is 0. The zero-order valence-electron chi connectivity index (χ0n) is 11.4. The molecule has 0 radical (unpaired) electrons. The molecule has 0 aromatic heterocycles. The quantitative estimate of drug-likeness (QED) is 0.824. The summed E-state index contributed by atoms with van der Waals surface area (Å²) in [5, 5.41) is 0. The van der Waals surface area contributed by atoms with Crippen molar-refractivity contribution < 1.29 is 13.9 Å². The van der Waals surface area contributed by atoms with Crippen LogP contribution in [0.25, 0.3) is 0 Å². The lowest BCUT2D eigenvalue weighted by molar-refractivity contribution is 0.217. The summed E-state index contributed by atoms with van der Waals surface area (Å²) in [6, 6.07) is 12.3. The van der Waals surface area contributed by atoms with E-state index >= 15 is 0 Å². The van der Waals surface area contributed by atoms with Gasteiger partial charge in [-0.2, -0.15) is 0 Å². The number of hydrogen-bond donors (Lipinski definition) is 1. The van der Waals surface area contributed by atoms with Gasteiger partial charge < -0.3 is 15.2 Å².